The number of nitrogens with one attached hydrogen (secondary N) is 1. The van der Waals surface area contributed by atoms with Gasteiger partial charge in [-0.05, 0) is 29.8 Å². The van der Waals surface area contributed by atoms with Crippen molar-refractivity contribution < 1.29 is 13.2 Å². The summed E-state index contributed by atoms with van der Waals surface area (Å²) in [7, 11) is 0. The highest BCUT2D eigenvalue weighted by molar-refractivity contribution is 5.20. The van der Waals surface area contributed by atoms with Crippen molar-refractivity contribution in [3.8, 4) is 0 Å². The normalized spacial score (nSPS) is 10.6. The van der Waals surface area contributed by atoms with E-state index in [0.29, 0.717) is 6.54 Å². The monoisotopic (exact) mass is 251 g/mol. The van der Waals surface area contributed by atoms with Crippen LogP contribution in [0.2, 0.25) is 0 Å². The predicted molar refractivity (Wildman–Crippen MR) is 63.3 cm³/mol. The first-order chi connectivity index (χ1) is 8.66. The second-order valence-electron chi connectivity index (χ2n) is 3.93. The first kappa shape index (κ1) is 12.6. The number of hydrogen-bond donors (Lipinski definition) is 1. The lowest BCUT2D eigenvalue weighted by Crippen LogP contribution is -2.15. The van der Waals surface area contributed by atoms with Crippen LogP contribution in [0, 0.1) is 17.5 Å². The summed E-state index contributed by atoms with van der Waals surface area (Å²) in [6.45, 7) is 0.417. The van der Waals surface area contributed by atoms with Crippen LogP contribution < -0.4 is 5.32 Å². The van der Waals surface area contributed by atoms with Crippen molar-refractivity contribution in [2.75, 3.05) is 0 Å². The van der Waals surface area contributed by atoms with E-state index in [-0.39, 0.29) is 17.9 Å². The smallest absolute Gasteiger partial charge is 0.130 e. The van der Waals surface area contributed by atoms with Gasteiger partial charge in [0, 0.05) is 18.7 Å². The van der Waals surface area contributed by atoms with Crippen molar-refractivity contribution in [1.29, 1.82) is 0 Å². The lowest BCUT2D eigenvalue weighted by molar-refractivity contribution is 0.534. The van der Waals surface area contributed by atoms with Gasteiger partial charge < -0.3 is 5.32 Å². The summed E-state index contributed by atoms with van der Waals surface area (Å²) < 4.78 is 39.5. The van der Waals surface area contributed by atoms with Crippen molar-refractivity contribution in [1.82, 2.24) is 5.32 Å². The number of benzene rings is 2. The van der Waals surface area contributed by atoms with Crippen LogP contribution in [0.5, 0.6) is 0 Å². The molecule has 0 aromatic heterocycles. The van der Waals surface area contributed by atoms with Crippen molar-refractivity contribution in [2.24, 2.45) is 0 Å². The molecule has 94 valence electrons. The van der Waals surface area contributed by atoms with E-state index in [4.69, 9.17) is 0 Å². The van der Waals surface area contributed by atoms with Gasteiger partial charge in [-0.15, -0.1) is 0 Å². The van der Waals surface area contributed by atoms with Crippen molar-refractivity contribution in [3.05, 3.63) is 71.0 Å². The molecule has 1 nitrogen and oxygen atoms in total. The summed E-state index contributed by atoms with van der Waals surface area (Å²) in [4.78, 5) is 0. The van der Waals surface area contributed by atoms with E-state index < -0.39 is 11.6 Å². The molecular formula is C14H12F3N. The SMILES string of the molecule is Fc1cccc(CNCc2c(F)cccc2F)c1. The standard InChI is InChI=1S/C14H12F3N/c15-11-4-1-3-10(7-11)8-18-9-12-13(16)5-2-6-14(12)17/h1-7,18H,8-9H2. The molecule has 2 aromatic rings. The molecule has 0 radical (unpaired) electrons. The van der Waals surface area contributed by atoms with Gasteiger partial charge >= 0.3 is 0 Å². The Hall–Kier alpha value is -1.81. The first-order valence-corrected chi connectivity index (χ1v) is 5.55. The second-order valence-corrected chi connectivity index (χ2v) is 3.93. The Labute approximate surface area is 103 Å². The van der Waals surface area contributed by atoms with Crippen LogP contribution in [0.25, 0.3) is 0 Å². The van der Waals surface area contributed by atoms with Crippen LogP contribution in [0.4, 0.5) is 13.2 Å². The quantitative estimate of drug-likeness (QED) is 0.878. The van der Waals surface area contributed by atoms with Crippen molar-refractivity contribution in [2.45, 2.75) is 13.1 Å². The minimum absolute atomic E-state index is 0.00565. The minimum atomic E-state index is -0.582. The average Bonchev–Trinajstić information content (AvgIpc) is 2.33. The molecule has 2 rings (SSSR count). The third-order valence-corrected chi connectivity index (χ3v) is 2.58. The summed E-state index contributed by atoms with van der Waals surface area (Å²) in [6.07, 6.45) is 0. The van der Waals surface area contributed by atoms with Gasteiger partial charge in [0.2, 0.25) is 0 Å². The van der Waals surface area contributed by atoms with E-state index in [1.54, 1.807) is 12.1 Å². The van der Waals surface area contributed by atoms with E-state index in [0.717, 1.165) is 5.56 Å². The Morgan fingerprint density at radius 3 is 2.17 bits per heavy atom. The molecular weight excluding hydrogens is 239 g/mol. The van der Waals surface area contributed by atoms with E-state index in [2.05, 4.69) is 5.32 Å². The zero-order valence-corrected chi connectivity index (χ0v) is 9.59. The Morgan fingerprint density at radius 2 is 1.50 bits per heavy atom. The summed E-state index contributed by atoms with van der Waals surface area (Å²) in [5.41, 5.74) is 0.723. The molecule has 0 spiro atoms. The minimum Gasteiger partial charge on any atom is -0.308 e. The Kier molecular flexibility index (Phi) is 3.99. The Balaban J connectivity index is 1.97. The first-order valence-electron chi connectivity index (χ1n) is 5.55. The second kappa shape index (κ2) is 5.69. The molecule has 0 amide bonds. The van der Waals surface area contributed by atoms with Gasteiger partial charge in [-0.1, -0.05) is 18.2 Å². The Bertz CT molecular complexity index is 520. The fourth-order valence-electron chi connectivity index (χ4n) is 1.68. The van der Waals surface area contributed by atoms with E-state index in [9.17, 15) is 13.2 Å². The molecule has 0 bridgehead atoms. The number of halogens is 3. The molecule has 0 fully saturated rings. The predicted octanol–water partition coefficient (Wildman–Crippen LogP) is 3.39. The van der Waals surface area contributed by atoms with Crippen LogP contribution in [-0.4, -0.2) is 0 Å². The van der Waals surface area contributed by atoms with Crippen LogP contribution in [0.15, 0.2) is 42.5 Å². The highest BCUT2D eigenvalue weighted by atomic mass is 19.1. The lowest BCUT2D eigenvalue weighted by Gasteiger charge is -2.07. The van der Waals surface area contributed by atoms with Gasteiger partial charge in [-0.25, -0.2) is 13.2 Å². The van der Waals surface area contributed by atoms with E-state index in [1.165, 1.54) is 30.3 Å². The topological polar surface area (TPSA) is 12.0 Å². The lowest BCUT2D eigenvalue weighted by atomic mass is 10.2. The zero-order chi connectivity index (χ0) is 13.0. The van der Waals surface area contributed by atoms with Crippen molar-refractivity contribution in [3.63, 3.8) is 0 Å². The maximum atomic E-state index is 13.3. The molecule has 0 saturated carbocycles. The fraction of sp³-hybridized carbons (Fsp3) is 0.143. The molecule has 0 aliphatic rings. The highest BCUT2D eigenvalue weighted by Crippen LogP contribution is 2.12. The van der Waals surface area contributed by atoms with Crippen LogP contribution in [0.1, 0.15) is 11.1 Å². The van der Waals surface area contributed by atoms with E-state index >= 15 is 0 Å². The number of hydrogen-bond acceptors (Lipinski definition) is 1. The average molecular weight is 251 g/mol. The molecule has 4 heteroatoms. The van der Waals surface area contributed by atoms with Gasteiger partial charge in [0.05, 0.1) is 0 Å². The summed E-state index contributed by atoms with van der Waals surface area (Å²) in [5.74, 6) is -1.49. The van der Waals surface area contributed by atoms with Crippen molar-refractivity contribution >= 4 is 0 Å². The molecule has 0 aliphatic heterocycles. The molecule has 1 N–H and O–H groups in total. The number of rotatable bonds is 4. The van der Waals surface area contributed by atoms with Crippen LogP contribution >= 0.6 is 0 Å². The van der Waals surface area contributed by atoms with Crippen LogP contribution in [-0.2, 0) is 13.1 Å². The molecule has 2 aromatic carbocycles. The Morgan fingerprint density at radius 1 is 0.833 bits per heavy atom. The van der Waals surface area contributed by atoms with Gasteiger partial charge in [0.25, 0.3) is 0 Å². The van der Waals surface area contributed by atoms with Gasteiger partial charge in [-0.3, -0.25) is 0 Å². The summed E-state index contributed by atoms with van der Waals surface area (Å²) in [5, 5.41) is 2.88. The molecule has 0 saturated heterocycles. The maximum Gasteiger partial charge on any atom is 0.130 e. The molecule has 0 atom stereocenters. The molecule has 18 heavy (non-hydrogen) atoms. The third kappa shape index (κ3) is 3.11. The zero-order valence-electron chi connectivity index (χ0n) is 9.59. The molecule has 0 heterocycles. The van der Waals surface area contributed by atoms with Gasteiger partial charge in [0.15, 0.2) is 0 Å². The maximum absolute atomic E-state index is 13.3. The fourth-order valence-corrected chi connectivity index (χ4v) is 1.68. The highest BCUT2D eigenvalue weighted by Gasteiger charge is 2.07. The van der Waals surface area contributed by atoms with Gasteiger partial charge in [0.1, 0.15) is 17.5 Å². The largest absolute Gasteiger partial charge is 0.308 e. The summed E-state index contributed by atoms with van der Waals surface area (Å²) >= 11 is 0. The van der Waals surface area contributed by atoms with E-state index in [1.807, 2.05) is 0 Å². The van der Waals surface area contributed by atoms with Crippen LogP contribution in [0.3, 0.4) is 0 Å². The molecule has 0 aliphatic carbocycles. The van der Waals surface area contributed by atoms with Gasteiger partial charge in [-0.2, -0.15) is 0 Å². The molecule has 0 unspecified atom stereocenters. The third-order valence-electron chi connectivity index (χ3n) is 2.58. The summed E-state index contributed by atoms with van der Waals surface area (Å²) in [6, 6.07) is 9.81.